The molecule has 0 aliphatic heterocycles. The highest BCUT2D eigenvalue weighted by Crippen LogP contribution is 2.22. The van der Waals surface area contributed by atoms with Crippen molar-refractivity contribution < 1.29 is 0 Å². The zero-order valence-electron chi connectivity index (χ0n) is 11.9. The van der Waals surface area contributed by atoms with E-state index in [1.54, 1.807) is 0 Å². The van der Waals surface area contributed by atoms with Gasteiger partial charge >= 0.3 is 0 Å². The van der Waals surface area contributed by atoms with Gasteiger partial charge in [0, 0.05) is 11.4 Å². The van der Waals surface area contributed by atoms with E-state index in [0.29, 0.717) is 17.8 Å². The highest BCUT2D eigenvalue weighted by Gasteiger charge is 2.17. The number of nitrogens with zero attached hydrogens (tertiary/aromatic N) is 2. The molecule has 1 aromatic heterocycles. The first-order chi connectivity index (χ1) is 7.82. The average Bonchev–Trinajstić information content (AvgIpc) is 2.27. The fourth-order valence-corrected chi connectivity index (χ4v) is 1.54. The lowest BCUT2D eigenvalue weighted by atomic mass is 10.0. The average molecular weight is 235 g/mol. The summed E-state index contributed by atoms with van der Waals surface area (Å²) in [5.74, 6) is 1.97. The molecule has 0 saturated heterocycles. The Bertz CT molecular complexity index is 343. The molecular weight excluding hydrogens is 210 g/mol. The van der Waals surface area contributed by atoms with Gasteiger partial charge in [-0.3, -0.25) is 0 Å². The Kier molecular flexibility index (Phi) is 4.63. The third-order valence-corrected chi connectivity index (χ3v) is 2.98. The first-order valence-corrected chi connectivity index (χ1v) is 6.47. The maximum Gasteiger partial charge on any atom is 0.145 e. The Hall–Kier alpha value is -0.960. The van der Waals surface area contributed by atoms with Crippen molar-refractivity contribution in [3.8, 4) is 0 Å². The molecule has 17 heavy (non-hydrogen) atoms. The maximum atomic E-state index is 6.15. The summed E-state index contributed by atoms with van der Waals surface area (Å²) in [5.41, 5.74) is 8.34. The Labute approximate surface area is 105 Å². The van der Waals surface area contributed by atoms with Crippen LogP contribution in [-0.2, 0) is 0 Å². The smallest absolute Gasteiger partial charge is 0.145 e. The minimum Gasteiger partial charge on any atom is -0.321 e. The Balaban J connectivity index is 3.21. The van der Waals surface area contributed by atoms with Crippen LogP contribution >= 0.6 is 0 Å². The second-order valence-corrected chi connectivity index (χ2v) is 5.66. The molecule has 0 radical (unpaired) electrons. The number of hydrogen-bond donors (Lipinski definition) is 1. The molecule has 1 aromatic rings. The van der Waals surface area contributed by atoms with Crippen molar-refractivity contribution in [2.24, 2.45) is 11.7 Å². The zero-order valence-corrected chi connectivity index (χ0v) is 11.9. The van der Waals surface area contributed by atoms with Gasteiger partial charge in [-0.05, 0) is 23.8 Å². The fourth-order valence-electron chi connectivity index (χ4n) is 1.54. The van der Waals surface area contributed by atoms with Gasteiger partial charge < -0.3 is 5.73 Å². The lowest BCUT2D eigenvalue weighted by Gasteiger charge is -2.18. The van der Waals surface area contributed by atoms with Crippen molar-refractivity contribution in [1.29, 1.82) is 0 Å². The summed E-state index contributed by atoms with van der Waals surface area (Å²) in [6.45, 7) is 12.8. The monoisotopic (exact) mass is 235 g/mol. The predicted octanol–water partition coefficient (Wildman–Crippen LogP) is 3.38. The second kappa shape index (κ2) is 5.58. The van der Waals surface area contributed by atoms with Gasteiger partial charge in [0.05, 0.1) is 6.04 Å². The molecular formula is C14H25N3. The van der Waals surface area contributed by atoms with Crippen LogP contribution in [0.2, 0.25) is 0 Å². The number of aromatic nitrogens is 2. The van der Waals surface area contributed by atoms with Crippen LogP contribution in [0.5, 0.6) is 0 Å². The van der Waals surface area contributed by atoms with Crippen LogP contribution in [0.15, 0.2) is 6.07 Å². The molecule has 0 aliphatic rings. The SMILES string of the molecule is CC(C)c1cc(C(C)C)nc(C(N)C(C)C)n1. The lowest BCUT2D eigenvalue weighted by Crippen LogP contribution is -2.21. The third kappa shape index (κ3) is 3.50. The van der Waals surface area contributed by atoms with Crippen molar-refractivity contribution in [1.82, 2.24) is 9.97 Å². The van der Waals surface area contributed by atoms with Gasteiger partial charge in [0.15, 0.2) is 0 Å². The molecule has 0 amide bonds. The molecule has 0 saturated carbocycles. The molecule has 1 rings (SSSR count). The maximum absolute atomic E-state index is 6.15. The van der Waals surface area contributed by atoms with Gasteiger partial charge in [-0.1, -0.05) is 41.5 Å². The van der Waals surface area contributed by atoms with Crippen LogP contribution in [0.3, 0.4) is 0 Å². The lowest BCUT2D eigenvalue weighted by molar-refractivity contribution is 0.484. The van der Waals surface area contributed by atoms with Gasteiger partial charge in [-0.15, -0.1) is 0 Å². The van der Waals surface area contributed by atoms with Crippen LogP contribution in [0.1, 0.15) is 76.6 Å². The van der Waals surface area contributed by atoms with Crippen molar-refractivity contribution in [2.75, 3.05) is 0 Å². The summed E-state index contributed by atoms with van der Waals surface area (Å²) >= 11 is 0. The fraction of sp³-hybridized carbons (Fsp3) is 0.714. The molecule has 0 bridgehead atoms. The zero-order chi connectivity index (χ0) is 13.2. The van der Waals surface area contributed by atoms with E-state index >= 15 is 0 Å². The van der Waals surface area contributed by atoms with E-state index in [-0.39, 0.29) is 6.04 Å². The quantitative estimate of drug-likeness (QED) is 0.870. The van der Waals surface area contributed by atoms with Crippen LogP contribution in [0, 0.1) is 5.92 Å². The molecule has 2 N–H and O–H groups in total. The molecule has 96 valence electrons. The predicted molar refractivity (Wildman–Crippen MR) is 72.0 cm³/mol. The molecule has 1 heterocycles. The molecule has 1 atom stereocenters. The largest absolute Gasteiger partial charge is 0.321 e. The number of hydrogen-bond acceptors (Lipinski definition) is 3. The molecule has 0 aliphatic carbocycles. The molecule has 3 heteroatoms. The Morgan fingerprint density at radius 2 is 1.29 bits per heavy atom. The third-order valence-electron chi connectivity index (χ3n) is 2.98. The minimum atomic E-state index is -0.0776. The summed E-state index contributed by atoms with van der Waals surface area (Å²) in [6, 6.07) is 2.03. The van der Waals surface area contributed by atoms with Crippen LogP contribution < -0.4 is 5.73 Å². The van der Waals surface area contributed by atoms with Crippen molar-refractivity contribution in [3.05, 3.63) is 23.3 Å². The Morgan fingerprint density at radius 1 is 0.882 bits per heavy atom. The van der Waals surface area contributed by atoms with E-state index in [0.717, 1.165) is 17.2 Å². The van der Waals surface area contributed by atoms with Gasteiger partial charge in [-0.25, -0.2) is 9.97 Å². The van der Waals surface area contributed by atoms with E-state index in [1.165, 1.54) is 0 Å². The van der Waals surface area contributed by atoms with E-state index < -0.39 is 0 Å². The highest BCUT2D eigenvalue weighted by atomic mass is 14.9. The number of nitrogens with two attached hydrogens (primary N) is 1. The summed E-state index contributed by atoms with van der Waals surface area (Å²) < 4.78 is 0. The van der Waals surface area contributed by atoms with Gasteiger partial charge in [0.2, 0.25) is 0 Å². The van der Waals surface area contributed by atoms with E-state index in [4.69, 9.17) is 5.73 Å². The van der Waals surface area contributed by atoms with Crippen molar-refractivity contribution in [2.45, 2.75) is 59.4 Å². The summed E-state index contributed by atoms with van der Waals surface area (Å²) in [6.07, 6.45) is 0. The van der Waals surface area contributed by atoms with Gasteiger partial charge in [-0.2, -0.15) is 0 Å². The summed E-state index contributed by atoms with van der Waals surface area (Å²) in [4.78, 5) is 9.20. The van der Waals surface area contributed by atoms with E-state index in [2.05, 4.69) is 57.6 Å². The second-order valence-electron chi connectivity index (χ2n) is 5.66. The molecule has 0 fully saturated rings. The van der Waals surface area contributed by atoms with Crippen molar-refractivity contribution in [3.63, 3.8) is 0 Å². The van der Waals surface area contributed by atoms with Crippen molar-refractivity contribution >= 4 is 0 Å². The topological polar surface area (TPSA) is 51.8 Å². The van der Waals surface area contributed by atoms with Gasteiger partial charge in [0.1, 0.15) is 5.82 Å². The molecule has 1 unspecified atom stereocenters. The minimum absolute atomic E-state index is 0.0776. The van der Waals surface area contributed by atoms with Crippen LogP contribution in [-0.4, -0.2) is 9.97 Å². The van der Waals surface area contributed by atoms with E-state index in [1.807, 2.05) is 0 Å². The van der Waals surface area contributed by atoms with Crippen LogP contribution in [0.25, 0.3) is 0 Å². The Morgan fingerprint density at radius 3 is 1.59 bits per heavy atom. The normalized spacial score (nSPS) is 13.8. The first-order valence-electron chi connectivity index (χ1n) is 6.47. The standard InChI is InChI=1S/C14H25N3/c1-8(2)11-7-12(9(3)4)17-14(16-11)13(15)10(5)6/h7-10,13H,15H2,1-6H3. The summed E-state index contributed by atoms with van der Waals surface area (Å²) in [5, 5.41) is 0. The molecule has 0 spiro atoms. The van der Waals surface area contributed by atoms with Gasteiger partial charge in [0.25, 0.3) is 0 Å². The highest BCUT2D eigenvalue weighted by molar-refractivity contribution is 5.18. The number of rotatable bonds is 4. The summed E-state index contributed by atoms with van der Waals surface area (Å²) in [7, 11) is 0. The van der Waals surface area contributed by atoms with E-state index in [9.17, 15) is 0 Å². The molecule has 0 aromatic carbocycles. The first kappa shape index (κ1) is 14.1. The van der Waals surface area contributed by atoms with Crippen LogP contribution in [0.4, 0.5) is 0 Å². The molecule has 3 nitrogen and oxygen atoms in total.